The fraction of sp³-hybridized carbons (Fsp3) is 0.520. The summed E-state index contributed by atoms with van der Waals surface area (Å²) >= 11 is 0. The molecule has 10 heteroatoms. The SMILES string of the molecule is COc1ccc(CNCCCCCNCc2ccc(OC)c(OC)c2OC)c(OC)c1OC.Cl.Cl. The van der Waals surface area contributed by atoms with E-state index in [0.29, 0.717) is 47.6 Å². The lowest BCUT2D eigenvalue weighted by Gasteiger charge is -2.16. The maximum absolute atomic E-state index is 5.54. The van der Waals surface area contributed by atoms with Gasteiger partial charge in [0, 0.05) is 24.2 Å². The minimum absolute atomic E-state index is 0. The minimum atomic E-state index is 0. The van der Waals surface area contributed by atoms with Crippen LogP contribution in [0.2, 0.25) is 0 Å². The number of hydrogen-bond acceptors (Lipinski definition) is 8. The Labute approximate surface area is 221 Å². The Hall–Kier alpha value is -2.26. The normalized spacial score (nSPS) is 10.0. The zero-order chi connectivity index (χ0) is 24.1. The van der Waals surface area contributed by atoms with Gasteiger partial charge in [0.1, 0.15) is 0 Å². The van der Waals surface area contributed by atoms with Gasteiger partial charge in [-0.05, 0) is 38.1 Å². The van der Waals surface area contributed by atoms with Crippen LogP contribution >= 0.6 is 24.8 Å². The van der Waals surface area contributed by atoms with Crippen LogP contribution < -0.4 is 39.1 Å². The van der Waals surface area contributed by atoms with E-state index in [1.807, 2.05) is 24.3 Å². The predicted molar refractivity (Wildman–Crippen MR) is 144 cm³/mol. The molecule has 35 heavy (non-hydrogen) atoms. The summed E-state index contributed by atoms with van der Waals surface area (Å²) in [6, 6.07) is 7.80. The Morgan fingerprint density at radius 3 is 1.17 bits per heavy atom. The van der Waals surface area contributed by atoms with Gasteiger partial charge >= 0.3 is 0 Å². The molecule has 0 bridgehead atoms. The van der Waals surface area contributed by atoms with Crippen LogP contribution in [-0.2, 0) is 13.1 Å². The number of unbranched alkanes of at least 4 members (excludes halogenated alkanes) is 2. The van der Waals surface area contributed by atoms with Crippen LogP contribution in [0.4, 0.5) is 0 Å². The van der Waals surface area contributed by atoms with Crippen LogP contribution in [0.5, 0.6) is 34.5 Å². The maximum atomic E-state index is 5.54. The zero-order valence-electron chi connectivity index (χ0n) is 21.5. The van der Waals surface area contributed by atoms with Crippen LogP contribution in [0.15, 0.2) is 24.3 Å². The monoisotopic (exact) mass is 534 g/mol. The largest absolute Gasteiger partial charge is 0.493 e. The third-order valence-corrected chi connectivity index (χ3v) is 5.41. The van der Waals surface area contributed by atoms with Gasteiger partial charge in [-0.1, -0.05) is 18.6 Å². The molecule has 0 heterocycles. The molecule has 0 aliphatic rings. The standard InChI is InChI=1S/C25H38N2O6.2ClH/c1-28-20-12-10-18(22(30-3)24(20)32-5)16-26-14-8-7-9-15-27-17-19-11-13-21(29-2)25(33-6)23(19)31-4;;/h10-13,26-27H,7-9,14-17H2,1-6H3;2*1H. The third kappa shape index (κ3) is 9.04. The Kier molecular flexibility index (Phi) is 16.9. The predicted octanol–water partition coefficient (Wildman–Crippen LogP) is 4.63. The highest BCUT2D eigenvalue weighted by molar-refractivity contribution is 5.85. The van der Waals surface area contributed by atoms with Crippen molar-refractivity contribution in [1.29, 1.82) is 0 Å². The summed E-state index contributed by atoms with van der Waals surface area (Å²) in [5.41, 5.74) is 2.08. The highest BCUT2D eigenvalue weighted by Gasteiger charge is 2.16. The summed E-state index contributed by atoms with van der Waals surface area (Å²) in [6.45, 7) is 3.28. The van der Waals surface area contributed by atoms with Gasteiger partial charge in [-0.15, -0.1) is 24.8 Å². The Bertz CT molecular complexity index is 801. The first-order chi connectivity index (χ1) is 16.1. The highest BCUT2D eigenvalue weighted by atomic mass is 35.5. The van der Waals surface area contributed by atoms with E-state index in [-0.39, 0.29) is 24.8 Å². The van der Waals surface area contributed by atoms with E-state index >= 15 is 0 Å². The average Bonchev–Trinajstić information content (AvgIpc) is 2.86. The van der Waals surface area contributed by atoms with Crippen molar-refractivity contribution in [3.05, 3.63) is 35.4 Å². The quantitative estimate of drug-likeness (QED) is 0.301. The van der Waals surface area contributed by atoms with Gasteiger partial charge in [-0.2, -0.15) is 0 Å². The molecule has 0 unspecified atom stereocenters. The lowest BCUT2D eigenvalue weighted by molar-refractivity contribution is 0.321. The lowest BCUT2D eigenvalue weighted by atomic mass is 10.1. The Balaban J connectivity index is 0.00000578. The Morgan fingerprint density at radius 2 is 0.857 bits per heavy atom. The molecule has 0 amide bonds. The Morgan fingerprint density at radius 1 is 0.486 bits per heavy atom. The fourth-order valence-electron chi connectivity index (χ4n) is 3.73. The number of halogens is 2. The smallest absolute Gasteiger partial charge is 0.203 e. The number of benzene rings is 2. The number of ether oxygens (including phenoxy) is 6. The van der Waals surface area contributed by atoms with Gasteiger partial charge in [0.2, 0.25) is 11.5 Å². The van der Waals surface area contributed by atoms with Gasteiger partial charge in [0.15, 0.2) is 23.0 Å². The van der Waals surface area contributed by atoms with Gasteiger partial charge < -0.3 is 39.1 Å². The summed E-state index contributed by atoms with van der Waals surface area (Å²) in [4.78, 5) is 0. The van der Waals surface area contributed by atoms with Crippen LogP contribution in [0.1, 0.15) is 30.4 Å². The van der Waals surface area contributed by atoms with Crippen molar-refractivity contribution in [1.82, 2.24) is 10.6 Å². The van der Waals surface area contributed by atoms with E-state index in [0.717, 1.165) is 43.5 Å². The van der Waals surface area contributed by atoms with E-state index in [1.165, 1.54) is 0 Å². The molecule has 200 valence electrons. The van der Waals surface area contributed by atoms with Crippen molar-refractivity contribution in [2.45, 2.75) is 32.4 Å². The third-order valence-electron chi connectivity index (χ3n) is 5.41. The van der Waals surface area contributed by atoms with Crippen molar-refractivity contribution in [2.24, 2.45) is 0 Å². The van der Waals surface area contributed by atoms with Crippen LogP contribution in [-0.4, -0.2) is 55.7 Å². The highest BCUT2D eigenvalue weighted by Crippen LogP contribution is 2.40. The molecule has 2 aromatic carbocycles. The minimum Gasteiger partial charge on any atom is -0.493 e. The summed E-state index contributed by atoms with van der Waals surface area (Å²) in [7, 11) is 9.76. The van der Waals surface area contributed by atoms with E-state index < -0.39 is 0 Å². The number of nitrogens with one attached hydrogen (secondary N) is 2. The summed E-state index contributed by atoms with van der Waals surface area (Å²) < 4.78 is 32.6. The van der Waals surface area contributed by atoms with E-state index in [2.05, 4.69) is 10.6 Å². The fourth-order valence-corrected chi connectivity index (χ4v) is 3.73. The molecule has 0 spiro atoms. The molecule has 0 saturated carbocycles. The second-order valence-corrected chi connectivity index (χ2v) is 7.40. The molecule has 2 N–H and O–H groups in total. The van der Waals surface area contributed by atoms with Gasteiger partial charge in [-0.3, -0.25) is 0 Å². The van der Waals surface area contributed by atoms with Crippen molar-refractivity contribution < 1.29 is 28.4 Å². The lowest BCUT2D eigenvalue weighted by Crippen LogP contribution is -2.17. The average molecular weight is 536 g/mol. The van der Waals surface area contributed by atoms with Crippen molar-refractivity contribution in [3.8, 4) is 34.5 Å². The molecule has 0 aliphatic carbocycles. The molecule has 0 fully saturated rings. The van der Waals surface area contributed by atoms with Crippen LogP contribution in [0.3, 0.4) is 0 Å². The molecule has 0 aromatic heterocycles. The zero-order valence-corrected chi connectivity index (χ0v) is 23.2. The molecule has 8 nitrogen and oxygen atoms in total. The summed E-state index contributed by atoms with van der Waals surface area (Å²) in [5, 5.41) is 6.96. The first-order valence-corrected chi connectivity index (χ1v) is 11.1. The molecular weight excluding hydrogens is 495 g/mol. The van der Waals surface area contributed by atoms with E-state index in [4.69, 9.17) is 28.4 Å². The number of methoxy groups -OCH3 is 6. The number of rotatable bonds is 16. The second kappa shape index (κ2) is 18.1. The summed E-state index contributed by atoms with van der Waals surface area (Å²) in [6.07, 6.45) is 3.32. The molecule has 0 radical (unpaired) electrons. The first-order valence-electron chi connectivity index (χ1n) is 11.1. The van der Waals surface area contributed by atoms with E-state index in [9.17, 15) is 0 Å². The van der Waals surface area contributed by atoms with Gasteiger partial charge in [0.05, 0.1) is 42.7 Å². The molecule has 0 atom stereocenters. The first kappa shape index (κ1) is 32.7. The second-order valence-electron chi connectivity index (χ2n) is 7.40. The van der Waals surface area contributed by atoms with Crippen LogP contribution in [0.25, 0.3) is 0 Å². The molecule has 0 saturated heterocycles. The van der Waals surface area contributed by atoms with Crippen molar-refractivity contribution in [3.63, 3.8) is 0 Å². The van der Waals surface area contributed by atoms with Gasteiger partial charge in [0.25, 0.3) is 0 Å². The topological polar surface area (TPSA) is 79.4 Å². The van der Waals surface area contributed by atoms with E-state index in [1.54, 1.807) is 42.7 Å². The molecule has 2 rings (SSSR count). The number of hydrogen-bond donors (Lipinski definition) is 2. The van der Waals surface area contributed by atoms with Crippen molar-refractivity contribution >= 4 is 24.8 Å². The van der Waals surface area contributed by atoms with Gasteiger partial charge in [-0.25, -0.2) is 0 Å². The van der Waals surface area contributed by atoms with Crippen molar-refractivity contribution in [2.75, 3.05) is 55.7 Å². The van der Waals surface area contributed by atoms with Crippen LogP contribution in [0, 0.1) is 0 Å². The summed E-state index contributed by atoms with van der Waals surface area (Å²) in [5.74, 6) is 3.99. The molecular formula is C25H40Cl2N2O6. The maximum Gasteiger partial charge on any atom is 0.203 e. The molecule has 0 aliphatic heterocycles. The molecule has 2 aromatic rings.